The Morgan fingerprint density at radius 1 is 1.00 bits per heavy atom. The lowest BCUT2D eigenvalue weighted by molar-refractivity contribution is 0.0542. The van der Waals surface area contributed by atoms with Crippen molar-refractivity contribution in [1.82, 2.24) is 9.80 Å². The van der Waals surface area contributed by atoms with Crippen molar-refractivity contribution in [3.63, 3.8) is 0 Å². The van der Waals surface area contributed by atoms with Crippen molar-refractivity contribution in [2.24, 2.45) is 11.8 Å². The molecule has 29 heavy (non-hydrogen) atoms. The van der Waals surface area contributed by atoms with Gasteiger partial charge in [-0.05, 0) is 76.0 Å². The van der Waals surface area contributed by atoms with Gasteiger partial charge in [0.1, 0.15) is 0 Å². The average molecular weight is 397 g/mol. The van der Waals surface area contributed by atoms with Gasteiger partial charge in [0.05, 0.1) is 0 Å². The van der Waals surface area contributed by atoms with Gasteiger partial charge >= 0.3 is 0 Å². The number of anilines is 1. The lowest BCUT2D eigenvalue weighted by Gasteiger charge is -2.42. The Morgan fingerprint density at radius 3 is 2.52 bits per heavy atom. The van der Waals surface area contributed by atoms with Gasteiger partial charge in [-0.25, -0.2) is 0 Å². The van der Waals surface area contributed by atoms with Crippen LogP contribution in [0.5, 0.6) is 0 Å². The number of piperidine rings is 3. The van der Waals surface area contributed by atoms with E-state index in [1.54, 1.807) is 0 Å². The molecule has 1 radical (unpaired) electrons. The first-order chi connectivity index (χ1) is 14.0. The fourth-order valence-corrected chi connectivity index (χ4v) is 5.69. The monoisotopic (exact) mass is 396 g/mol. The standard InChI is InChI=1S/C25H38N3O/c1-19-9-15-28(21(3)16-19)24-8-4-7-22(17-24)25(29)26-13-10-23(11-14-26)27-12-5-6-20(2)18-27/h4,7,17,19-21,23H,5-6,9-16,18H2,1-3H3. The molecule has 0 spiro atoms. The summed E-state index contributed by atoms with van der Waals surface area (Å²) >= 11 is 0. The molecule has 3 saturated heterocycles. The molecule has 4 rings (SSSR count). The van der Waals surface area contributed by atoms with Crippen molar-refractivity contribution >= 4 is 11.6 Å². The van der Waals surface area contributed by atoms with Crippen LogP contribution in [0, 0.1) is 17.9 Å². The summed E-state index contributed by atoms with van der Waals surface area (Å²) < 4.78 is 0. The molecule has 0 saturated carbocycles. The summed E-state index contributed by atoms with van der Waals surface area (Å²) in [5, 5.41) is 0. The highest BCUT2D eigenvalue weighted by Crippen LogP contribution is 2.29. The smallest absolute Gasteiger partial charge is 0.253 e. The first kappa shape index (κ1) is 20.7. The van der Waals surface area contributed by atoms with Crippen LogP contribution in [-0.4, -0.2) is 60.5 Å². The van der Waals surface area contributed by atoms with Crippen molar-refractivity contribution in [3.05, 3.63) is 29.8 Å². The highest BCUT2D eigenvalue weighted by atomic mass is 16.2. The second kappa shape index (κ2) is 9.07. The fourth-order valence-electron chi connectivity index (χ4n) is 5.69. The van der Waals surface area contributed by atoms with Crippen LogP contribution in [0.3, 0.4) is 0 Å². The van der Waals surface area contributed by atoms with Crippen LogP contribution in [0.4, 0.5) is 5.69 Å². The Balaban J connectivity index is 1.37. The number of likely N-dealkylation sites (tertiary alicyclic amines) is 2. The zero-order valence-electron chi connectivity index (χ0n) is 18.6. The SMILES string of the molecule is CC1CCN(c2[c]ccc(C(=O)N3CCC(N4CCCC(C)C4)CC3)c2)C(C)C1. The van der Waals surface area contributed by atoms with Gasteiger partial charge in [0.25, 0.3) is 5.91 Å². The first-order valence-corrected chi connectivity index (χ1v) is 11.8. The van der Waals surface area contributed by atoms with Gasteiger partial charge in [0, 0.05) is 55.6 Å². The molecule has 1 aromatic rings. The molecule has 0 aromatic heterocycles. The maximum atomic E-state index is 13.2. The number of carbonyl (C=O) groups is 1. The van der Waals surface area contributed by atoms with Crippen molar-refractivity contribution in [2.45, 2.75) is 71.4 Å². The van der Waals surface area contributed by atoms with Crippen molar-refractivity contribution in [3.8, 4) is 0 Å². The zero-order valence-corrected chi connectivity index (χ0v) is 18.6. The van der Waals surface area contributed by atoms with E-state index in [1.807, 2.05) is 12.1 Å². The van der Waals surface area contributed by atoms with Crippen molar-refractivity contribution < 1.29 is 4.79 Å². The second-order valence-corrected chi connectivity index (χ2v) is 9.90. The Hall–Kier alpha value is -1.55. The number of nitrogens with zero attached hydrogens (tertiary/aromatic N) is 3. The summed E-state index contributed by atoms with van der Waals surface area (Å²) in [4.78, 5) is 20.4. The van der Waals surface area contributed by atoms with Crippen LogP contribution in [0.2, 0.25) is 0 Å². The van der Waals surface area contributed by atoms with Crippen molar-refractivity contribution in [1.29, 1.82) is 0 Å². The molecule has 3 unspecified atom stereocenters. The third kappa shape index (κ3) is 4.79. The minimum Gasteiger partial charge on any atom is -0.368 e. The molecule has 3 heterocycles. The number of carbonyl (C=O) groups excluding carboxylic acids is 1. The Morgan fingerprint density at radius 2 is 1.79 bits per heavy atom. The average Bonchev–Trinajstić information content (AvgIpc) is 2.73. The van der Waals surface area contributed by atoms with E-state index in [2.05, 4.69) is 47.6 Å². The van der Waals surface area contributed by atoms with Gasteiger partial charge in [-0.1, -0.05) is 19.9 Å². The van der Waals surface area contributed by atoms with Crippen LogP contribution in [0.25, 0.3) is 0 Å². The van der Waals surface area contributed by atoms with E-state index in [-0.39, 0.29) is 5.91 Å². The molecule has 1 amide bonds. The van der Waals surface area contributed by atoms with Crippen LogP contribution < -0.4 is 4.90 Å². The minimum atomic E-state index is 0.198. The van der Waals surface area contributed by atoms with Crippen molar-refractivity contribution in [2.75, 3.05) is 37.6 Å². The number of benzene rings is 1. The predicted molar refractivity (Wildman–Crippen MR) is 119 cm³/mol. The topological polar surface area (TPSA) is 26.8 Å². The summed E-state index contributed by atoms with van der Waals surface area (Å²) in [5.41, 5.74) is 1.92. The molecular weight excluding hydrogens is 358 g/mol. The molecule has 0 aliphatic carbocycles. The molecule has 1 aromatic carbocycles. The van der Waals surface area contributed by atoms with Gasteiger partial charge in [-0.2, -0.15) is 0 Å². The van der Waals surface area contributed by atoms with Gasteiger partial charge in [-0.3, -0.25) is 9.69 Å². The quantitative estimate of drug-likeness (QED) is 0.755. The number of rotatable bonds is 3. The highest BCUT2D eigenvalue weighted by Gasteiger charge is 2.30. The summed E-state index contributed by atoms with van der Waals surface area (Å²) in [6.07, 6.45) is 7.37. The molecule has 3 fully saturated rings. The fraction of sp³-hybridized carbons (Fsp3) is 0.720. The Labute approximate surface area is 177 Å². The molecule has 4 nitrogen and oxygen atoms in total. The van der Waals surface area contributed by atoms with E-state index in [9.17, 15) is 4.79 Å². The molecule has 3 atom stereocenters. The number of hydrogen-bond donors (Lipinski definition) is 0. The predicted octanol–water partition coefficient (Wildman–Crippen LogP) is 4.45. The molecule has 3 aliphatic heterocycles. The Kier molecular flexibility index (Phi) is 6.48. The third-order valence-electron chi connectivity index (χ3n) is 7.44. The van der Waals surface area contributed by atoms with Gasteiger partial charge in [0.2, 0.25) is 0 Å². The maximum Gasteiger partial charge on any atom is 0.253 e. The van der Waals surface area contributed by atoms with E-state index in [0.717, 1.165) is 55.6 Å². The van der Waals surface area contributed by atoms with E-state index < -0.39 is 0 Å². The second-order valence-electron chi connectivity index (χ2n) is 9.90. The van der Waals surface area contributed by atoms with Crippen LogP contribution >= 0.6 is 0 Å². The summed E-state index contributed by atoms with van der Waals surface area (Å²) in [5.74, 6) is 1.81. The van der Waals surface area contributed by atoms with E-state index in [0.29, 0.717) is 12.1 Å². The molecule has 0 N–H and O–H groups in total. The van der Waals surface area contributed by atoms with Crippen LogP contribution in [-0.2, 0) is 0 Å². The summed E-state index contributed by atoms with van der Waals surface area (Å²) in [6.45, 7) is 12.3. The van der Waals surface area contributed by atoms with Gasteiger partial charge in [-0.15, -0.1) is 0 Å². The van der Waals surface area contributed by atoms with E-state index in [1.165, 1.54) is 38.8 Å². The lowest BCUT2D eigenvalue weighted by Crippen LogP contribution is -2.49. The molecule has 159 valence electrons. The highest BCUT2D eigenvalue weighted by molar-refractivity contribution is 5.95. The van der Waals surface area contributed by atoms with E-state index in [4.69, 9.17) is 0 Å². The number of amides is 1. The number of hydrogen-bond acceptors (Lipinski definition) is 3. The van der Waals surface area contributed by atoms with Crippen LogP contribution in [0.1, 0.15) is 69.7 Å². The molecular formula is C25H38N3O. The largest absolute Gasteiger partial charge is 0.368 e. The molecule has 3 aliphatic rings. The Bertz CT molecular complexity index is 697. The van der Waals surface area contributed by atoms with E-state index >= 15 is 0 Å². The molecule has 0 bridgehead atoms. The van der Waals surface area contributed by atoms with Gasteiger partial charge < -0.3 is 9.80 Å². The zero-order chi connectivity index (χ0) is 20.4. The minimum absolute atomic E-state index is 0.198. The van der Waals surface area contributed by atoms with Crippen LogP contribution in [0.15, 0.2) is 18.2 Å². The maximum absolute atomic E-state index is 13.2. The summed E-state index contributed by atoms with van der Waals surface area (Å²) in [6, 6.07) is 10.5. The van der Waals surface area contributed by atoms with Gasteiger partial charge in [0.15, 0.2) is 0 Å². The molecule has 4 heteroatoms. The lowest BCUT2D eigenvalue weighted by atomic mass is 9.92. The normalized spacial score (nSPS) is 29.8. The summed E-state index contributed by atoms with van der Waals surface area (Å²) in [7, 11) is 0. The first-order valence-electron chi connectivity index (χ1n) is 11.8. The third-order valence-corrected chi connectivity index (χ3v) is 7.44.